The Bertz CT molecular complexity index is 525. The fourth-order valence-electron chi connectivity index (χ4n) is 1.04. The first-order chi connectivity index (χ1) is 6.60. The molecule has 0 saturated carbocycles. The highest BCUT2D eigenvalue weighted by molar-refractivity contribution is 7.91. The van der Waals surface area contributed by atoms with Gasteiger partial charge >= 0.3 is 0 Å². The molecule has 0 atom stereocenters. The van der Waals surface area contributed by atoms with Gasteiger partial charge in [0.25, 0.3) is 10.0 Å². The molecule has 2 heterocycles. The van der Waals surface area contributed by atoms with E-state index in [0.29, 0.717) is 4.21 Å². The zero-order chi connectivity index (χ0) is 10.2. The Morgan fingerprint density at radius 1 is 1.43 bits per heavy atom. The summed E-state index contributed by atoms with van der Waals surface area (Å²) in [7, 11) is -3.45. The second-order valence-corrected chi connectivity index (χ2v) is 6.06. The Hall–Kier alpha value is -1.14. The maximum atomic E-state index is 11.8. The van der Waals surface area contributed by atoms with Crippen molar-refractivity contribution in [1.29, 1.82) is 0 Å². The first kappa shape index (κ1) is 9.42. The van der Waals surface area contributed by atoms with Crippen molar-refractivity contribution in [1.82, 2.24) is 9.19 Å². The third kappa shape index (κ3) is 1.46. The zero-order valence-electron chi connectivity index (χ0n) is 7.41. The second-order valence-electron chi connectivity index (χ2n) is 2.75. The summed E-state index contributed by atoms with van der Waals surface area (Å²) in [6, 6.07) is 4.95. The molecular weight excluding hydrogens is 220 g/mol. The summed E-state index contributed by atoms with van der Waals surface area (Å²) in [5.74, 6) is 0. The molecule has 0 N–H and O–H groups in total. The molecule has 0 fully saturated rings. The van der Waals surface area contributed by atoms with Crippen LogP contribution in [-0.2, 0) is 10.0 Å². The van der Waals surface area contributed by atoms with Gasteiger partial charge in [0.2, 0.25) is 0 Å². The Kier molecular flexibility index (Phi) is 2.16. The molecule has 2 aromatic rings. The first-order valence-corrected chi connectivity index (χ1v) is 6.18. The third-order valence-corrected chi connectivity index (χ3v) is 4.73. The van der Waals surface area contributed by atoms with Crippen molar-refractivity contribution in [2.45, 2.75) is 11.1 Å². The molecule has 0 amide bonds. The Labute approximate surface area is 85.9 Å². The molecule has 74 valence electrons. The molecular formula is C8H8N2O2S2. The quantitative estimate of drug-likeness (QED) is 0.782. The predicted molar refractivity (Wildman–Crippen MR) is 53.9 cm³/mol. The smallest absolute Gasteiger partial charge is 0.198 e. The van der Waals surface area contributed by atoms with E-state index < -0.39 is 10.0 Å². The van der Waals surface area contributed by atoms with Crippen LogP contribution in [0.3, 0.4) is 0 Å². The lowest BCUT2D eigenvalue weighted by Crippen LogP contribution is -2.11. The lowest BCUT2D eigenvalue weighted by Gasteiger charge is -1.99. The van der Waals surface area contributed by atoms with Gasteiger partial charge in [0, 0.05) is 11.1 Å². The van der Waals surface area contributed by atoms with Gasteiger partial charge in [-0.05, 0) is 25.1 Å². The van der Waals surface area contributed by atoms with Crippen LogP contribution in [0.2, 0.25) is 0 Å². The number of rotatable bonds is 2. The van der Waals surface area contributed by atoms with E-state index >= 15 is 0 Å². The summed E-state index contributed by atoms with van der Waals surface area (Å²) in [6.45, 7) is 1.87. The molecule has 0 unspecified atom stereocenters. The standard InChI is InChI=1S/C8H8N2O2S2/c1-7-3-4-8(13-7)14(11,12)10-6-2-5-9-10/h2-6H,1H3. The molecule has 0 aliphatic rings. The van der Waals surface area contributed by atoms with Crippen LogP contribution in [0.15, 0.2) is 34.8 Å². The summed E-state index contributed by atoms with van der Waals surface area (Å²) < 4.78 is 24.9. The lowest BCUT2D eigenvalue weighted by atomic mass is 10.5. The summed E-state index contributed by atoms with van der Waals surface area (Å²) in [4.78, 5) is 0.968. The number of thiophene rings is 1. The predicted octanol–water partition coefficient (Wildman–Crippen LogP) is 1.49. The molecule has 0 radical (unpaired) electrons. The van der Waals surface area contributed by atoms with Crippen LogP contribution in [0.1, 0.15) is 4.88 Å². The molecule has 2 rings (SSSR count). The van der Waals surface area contributed by atoms with Gasteiger partial charge in [-0.3, -0.25) is 0 Å². The SMILES string of the molecule is Cc1ccc(S(=O)(=O)n2cccn2)s1. The minimum absolute atomic E-state index is 0.318. The van der Waals surface area contributed by atoms with Crippen LogP contribution in [-0.4, -0.2) is 17.6 Å². The minimum Gasteiger partial charge on any atom is -0.198 e. The molecule has 4 nitrogen and oxygen atoms in total. The summed E-state index contributed by atoms with van der Waals surface area (Å²) in [5, 5.41) is 3.71. The van der Waals surface area contributed by atoms with Crippen molar-refractivity contribution >= 4 is 21.4 Å². The fourth-order valence-corrected chi connectivity index (χ4v) is 3.51. The van der Waals surface area contributed by atoms with Crippen molar-refractivity contribution in [2.24, 2.45) is 0 Å². The van der Waals surface area contributed by atoms with Crippen LogP contribution < -0.4 is 0 Å². The monoisotopic (exact) mass is 228 g/mol. The Balaban J connectivity index is 2.54. The number of nitrogens with zero attached hydrogens (tertiary/aromatic N) is 2. The number of aromatic nitrogens is 2. The molecule has 0 bridgehead atoms. The van der Waals surface area contributed by atoms with E-state index in [2.05, 4.69) is 5.10 Å². The molecule has 0 spiro atoms. The van der Waals surface area contributed by atoms with E-state index in [-0.39, 0.29) is 0 Å². The molecule has 0 saturated heterocycles. The van der Waals surface area contributed by atoms with Gasteiger partial charge in [0.1, 0.15) is 4.21 Å². The van der Waals surface area contributed by atoms with E-state index in [4.69, 9.17) is 0 Å². The van der Waals surface area contributed by atoms with Crippen molar-refractivity contribution in [3.8, 4) is 0 Å². The van der Waals surface area contributed by atoms with E-state index in [1.165, 1.54) is 23.7 Å². The maximum absolute atomic E-state index is 11.8. The van der Waals surface area contributed by atoms with Gasteiger partial charge in [0.15, 0.2) is 0 Å². The van der Waals surface area contributed by atoms with Crippen LogP contribution in [0.5, 0.6) is 0 Å². The second kappa shape index (κ2) is 3.21. The van der Waals surface area contributed by atoms with Gasteiger partial charge < -0.3 is 0 Å². The highest BCUT2D eigenvalue weighted by Crippen LogP contribution is 2.22. The molecule has 6 heteroatoms. The van der Waals surface area contributed by atoms with Gasteiger partial charge in [0.05, 0.1) is 6.20 Å². The topological polar surface area (TPSA) is 52.0 Å². The fraction of sp³-hybridized carbons (Fsp3) is 0.125. The van der Waals surface area contributed by atoms with E-state index in [9.17, 15) is 8.42 Å². The van der Waals surface area contributed by atoms with Gasteiger partial charge in [-0.1, -0.05) is 0 Å². The van der Waals surface area contributed by atoms with E-state index in [0.717, 1.165) is 8.96 Å². The largest absolute Gasteiger partial charge is 0.292 e. The van der Waals surface area contributed by atoms with Gasteiger partial charge in [-0.25, -0.2) is 0 Å². The van der Waals surface area contributed by atoms with Crippen molar-refractivity contribution in [2.75, 3.05) is 0 Å². The summed E-state index contributed by atoms with van der Waals surface area (Å²) in [6.07, 6.45) is 2.86. The van der Waals surface area contributed by atoms with Crippen LogP contribution in [0.25, 0.3) is 0 Å². The van der Waals surface area contributed by atoms with Crippen molar-refractivity contribution in [3.05, 3.63) is 35.5 Å². The van der Waals surface area contributed by atoms with Crippen molar-refractivity contribution < 1.29 is 8.42 Å². The van der Waals surface area contributed by atoms with Gasteiger partial charge in [-0.2, -0.15) is 17.6 Å². The molecule has 0 aromatic carbocycles. The molecule has 14 heavy (non-hydrogen) atoms. The molecule has 2 aromatic heterocycles. The highest BCUT2D eigenvalue weighted by Gasteiger charge is 2.18. The first-order valence-electron chi connectivity index (χ1n) is 3.92. The normalized spacial score (nSPS) is 11.8. The zero-order valence-corrected chi connectivity index (χ0v) is 9.05. The maximum Gasteiger partial charge on any atom is 0.292 e. The van der Waals surface area contributed by atoms with Crippen LogP contribution >= 0.6 is 11.3 Å². The van der Waals surface area contributed by atoms with E-state index in [1.807, 2.05) is 6.92 Å². The number of hydrogen-bond acceptors (Lipinski definition) is 4. The van der Waals surface area contributed by atoms with E-state index in [1.54, 1.807) is 18.2 Å². The molecule has 0 aliphatic heterocycles. The average molecular weight is 228 g/mol. The summed E-state index contributed by atoms with van der Waals surface area (Å²) in [5.41, 5.74) is 0. The number of aryl methyl sites for hydroxylation is 1. The highest BCUT2D eigenvalue weighted by atomic mass is 32.2. The van der Waals surface area contributed by atoms with Crippen LogP contribution in [0.4, 0.5) is 0 Å². The van der Waals surface area contributed by atoms with Crippen molar-refractivity contribution in [3.63, 3.8) is 0 Å². The Morgan fingerprint density at radius 2 is 2.21 bits per heavy atom. The molecule has 0 aliphatic carbocycles. The minimum atomic E-state index is -3.45. The lowest BCUT2D eigenvalue weighted by molar-refractivity contribution is 0.582. The Morgan fingerprint density at radius 3 is 2.71 bits per heavy atom. The number of hydrogen-bond donors (Lipinski definition) is 0. The average Bonchev–Trinajstić information content (AvgIpc) is 2.72. The van der Waals surface area contributed by atoms with Crippen LogP contribution in [0, 0.1) is 6.92 Å². The summed E-state index contributed by atoms with van der Waals surface area (Å²) >= 11 is 1.24. The van der Waals surface area contributed by atoms with Gasteiger partial charge in [-0.15, -0.1) is 11.3 Å². The third-order valence-electron chi connectivity index (χ3n) is 1.70.